The Balaban J connectivity index is 3.37. The van der Waals surface area contributed by atoms with Crippen LogP contribution in [-0.4, -0.2) is 6.29 Å². The summed E-state index contributed by atoms with van der Waals surface area (Å²) in [6, 6.07) is 0. The van der Waals surface area contributed by atoms with Crippen LogP contribution >= 0.6 is 0 Å². The zero-order valence-electron chi connectivity index (χ0n) is 13.7. The molecule has 118 valence electrons. The van der Waals surface area contributed by atoms with Gasteiger partial charge < -0.3 is 4.79 Å². The van der Waals surface area contributed by atoms with Crippen LogP contribution in [0.3, 0.4) is 0 Å². The molecule has 0 atom stereocenters. The second-order valence-electron chi connectivity index (χ2n) is 5.19. The Bertz CT molecular complexity index is 321. The van der Waals surface area contributed by atoms with E-state index in [9.17, 15) is 4.79 Å². The molecule has 21 heavy (non-hydrogen) atoms. The number of allylic oxidation sites excluding steroid dienone is 8. The Morgan fingerprint density at radius 1 is 0.571 bits per heavy atom. The van der Waals surface area contributed by atoms with E-state index in [1.807, 2.05) is 0 Å². The summed E-state index contributed by atoms with van der Waals surface area (Å²) in [7, 11) is 0. The molecule has 0 rings (SSSR count). The van der Waals surface area contributed by atoms with Crippen molar-refractivity contribution in [3.63, 3.8) is 0 Å². The molecule has 1 heteroatoms. The normalized spacial score (nSPS) is 12.4. The smallest absolute Gasteiger partial charge is 0.120 e. The van der Waals surface area contributed by atoms with Crippen molar-refractivity contribution in [2.45, 2.75) is 71.1 Å². The monoisotopic (exact) mass is 288 g/mol. The number of carbonyl (C=O) groups is 1. The molecule has 0 N–H and O–H groups in total. The van der Waals surface area contributed by atoms with Gasteiger partial charge in [0.1, 0.15) is 6.29 Å². The average molecular weight is 288 g/mol. The van der Waals surface area contributed by atoms with Crippen LogP contribution in [0, 0.1) is 0 Å². The number of hydrogen-bond donors (Lipinski definition) is 0. The van der Waals surface area contributed by atoms with Gasteiger partial charge in [-0.2, -0.15) is 0 Å². The van der Waals surface area contributed by atoms with Gasteiger partial charge in [-0.05, 0) is 44.9 Å². The van der Waals surface area contributed by atoms with E-state index in [2.05, 4.69) is 55.5 Å². The van der Waals surface area contributed by atoms with Crippen LogP contribution in [0.5, 0.6) is 0 Å². The second-order valence-corrected chi connectivity index (χ2v) is 5.19. The molecule has 0 bridgehead atoms. The molecule has 0 heterocycles. The van der Waals surface area contributed by atoms with Gasteiger partial charge in [-0.3, -0.25) is 0 Å². The SMILES string of the molecule is CCCCCC=CCC=CCC=CC/C=C\CCCC=O. The van der Waals surface area contributed by atoms with E-state index >= 15 is 0 Å². The summed E-state index contributed by atoms with van der Waals surface area (Å²) in [4.78, 5) is 10.1. The van der Waals surface area contributed by atoms with Crippen molar-refractivity contribution in [3.8, 4) is 0 Å². The number of carbonyl (C=O) groups excluding carboxylic acids is 1. The molecule has 0 amide bonds. The van der Waals surface area contributed by atoms with Gasteiger partial charge in [0.05, 0.1) is 0 Å². The van der Waals surface area contributed by atoms with Crippen molar-refractivity contribution in [2.24, 2.45) is 0 Å². The second kappa shape index (κ2) is 18.6. The minimum absolute atomic E-state index is 0.679. The fraction of sp³-hybridized carbons (Fsp3) is 0.550. The highest BCUT2D eigenvalue weighted by molar-refractivity contribution is 5.48. The van der Waals surface area contributed by atoms with Crippen LogP contribution in [0.4, 0.5) is 0 Å². The summed E-state index contributed by atoms with van der Waals surface area (Å²) in [6.45, 7) is 2.24. The third-order valence-electron chi connectivity index (χ3n) is 3.15. The van der Waals surface area contributed by atoms with E-state index in [0.717, 1.165) is 38.4 Å². The maximum atomic E-state index is 10.1. The summed E-state index contributed by atoms with van der Waals surface area (Å²) in [5, 5.41) is 0. The van der Waals surface area contributed by atoms with Gasteiger partial charge in [0.25, 0.3) is 0 Å². The molecule has 0 spiro atoms. The highest BCUT2D eigenvalue weighted by Gasteiger charge is 1.81. The first kappa shape index (κ1) is 19.6. The highest BCUT2D eigenvalue weighted by Crippen LogP contribution is 2.01. The summed E-state index contributed by atoms with van der Waals surface area (Å²) < 4.78 is 0. The first-order chi connectivity index (χ1) is 10.4. The predicted molar refractivity (Wildman–Crippen MR) is 94.5 cm³/mol. The number of aldehydes is 1. The van der Waals surface area contributed by atoms with Crippen LogP contribution in [-0.2, 0) is 4.79 Å². The predicted octanol–water partition coefficient (Wildman–Crippen LogP) is 6.33. The molecule has 1 nitrogen and oxygen atoms in total. The quantitative estimate of drug-likeness (QED) is 0.207. The largest absolute Gasteiger partial charge is 0.303 e. The molecule has 0 unspecified atom stereocenters. The van der Waals surface area contributed by atoms with Gasteiger partial charge in [-0.15, -0.1) is 0 Å². The first-order valence-corrected chi connectivity index (χ1v) is 8.45. The van der Waals surface area contributed by atoms with E-state index in [1.165, 1.54) is 25.7 Å². The summed E-state index contributed by atoms with van der Waals surface area (Å²) >= 11 is 0. The van der Waals surface area contributed by atoms with E-state index in [0.29, 0.717) is 6.42 Å². The molecular formula is C20H32O. The minimum atomic E-state index is 0.679. The molecular weight excluding hydrogens is 256 g/mol. The topological polar surface area (TPSA) is 17.1 Å². The Morgan fingerprint density at radius 2 is 1.05 bits per heavy atom. The van der Waals surface area contributed by atoms with E-state index in [4.69, 9.17) is 0 Å². The van der Waals surface area contributed by atoms with E-state index in [-0.39, 0.29) is 0 Å². The Kier molecular flexibility index (Phi) is 17.4. The van der Waals surface area contributed by atoms with E-state index in [1.54, 1.807) is 0 Å². The molecule has 0 aliphatic rings. The van der Waals surface area contributed by atoms with Gasteiger partial charge in [-0.1, -0.05) is 68.4 Å². The molecule has 0 fully saturated rings. The van der Waals surface area contributed by atoms with Crippen LogP contribution < -0.4 is 0 Å². The third kappa shape index (κ3) is 18.6. The zero-order chi connectivity index (χ0) is 15.4. The lowest BCUT2D eigenvalue weighted by molar-refractivity contribution is -0.107. The van der Waals surface area contributed by atoms with Gasteiger partial charge in [0.2, 0.25) is 0 Å². The van der Waals surface area contributed by atoms with Gasteiger partial charge in [0, 0.05) is 6.42 Å². The van der Waals surface area contributed by atoms with Gasteiger partial charge >= 0.3 is 0 Å². The van der Waals surface area contributed by atoms with Crippen molar-refractivity contribution in [1.29, 1.82) is 0 Å². The third-order valence-corrected chi connectivity index (χ3v) is 3.15. The fourth-order valence-electron chi connectivity index (χ4n) is 1.88. The Labute approximate surface area is 131 Å². The average Bonchev–Trinajstić information content (AvgIpc) is 2.50. The minimum Gasteiger partial charge on any atom is -0.303 e. The standard InChI is InChI=1S/C20H32O/c1-2-3-4-5-6-7-8-9-10-11-12-13-14-15-16-17-18-19-20-21/h6-7,9-10,12-13,15-16,20H,2-5,8,11,14,17-19H2,1H3/b7-6?,10-9?,13-12?,16-15-. The van der Waals surface area contributed by atoms with Gasteiger partial charge in [-0.25, -0.2) is 0 Å². The number of hydrogen-bond acceptors (Lipinski definition) is 1. The lowest BCUT2D eigenvalue weighted by atomic mass is 10.2. The summed E-state index contributed by atoms with van der Waals surface area (Å²) in [5.74, 6) is 0. The molecule has 0 radical (unpaired) electrons. The fourth-order valence-corrected chi connectivity index (χ4v) is 1.88. The zero-order valence-corrected chi connectivity index (χ0v) is 13.7. The van der Waals surface area contributed by atoms with Crippen LogP contribution in [0.2, 0.25) is 0 Å². The van der Waals surface area contributed by atoms with Crippen molar-refractivity contribution < 1.29 is 4.79 Å². The number of rotatable bonds is 14. The molecule has 0 aromatic carbocycles. The first-order valence-electron chi connectivity index (χ1n) is 8.45. The Morgan fingerprint density at radius 3 is 1.52 bits per heavy atom. The van der Waals surface area contributed by atoms with Crippen molar-refractivity contribution in [2.75, 3.05) is 0 Å². The van der Waals surface area contributed by atoms with Crippen LogP contribution in [0.25, 0.3) is 0 Å². The lowest BCUT2D eigenvalue weighted by Crippen LogP contribution is -1.73. The van der Waals surface area contributed by atoms with E-state index < -0.39 is 0 Å². The molecule has 0 saturated heterocycles. The van der Waals surface area contributed by atoms with Crippen molar-refractivity contribution in [1.82, 2.24) is 0 Å². The number of unbranched alkanes of at least 4 members (excludes halogenated alkanes) is 5. The highest BCUT2D eigenvalue weighted by atomic mass is 16.1. The summed E-state index contributed by atoms with van der Waals surface area (Å²) in [5.41, 5.74) is 0. The van der Waals surface area contributed by atoms with Gasteiger partial charge in [0.15, 0.2) is 0 Å². The lowest BCUT2D eigenvalue weighted by Gasteiger charge is -1.90. The molecule has 0 aliphatic carbocycles. The van der Waals surface area contributed by atoms with Crippen LogP contribution in [0.1, 0.15) is 71.1 Å². The molecule has 0 aliphatic heterocycles. The maximum Gasteiger partial charge on any atom is 0.120 e. The molecule has 0 aromatic rings. The van der Waals surface area contributed by atoms with Crippen molar-refractivity contribution >= 4 is 6.29 Å². The molecule has 0 aromatic heterocycles. The molecule has 0 saturated carbocycles. The van der Waals surface area contributed by atoms with Crippen molar-refractivity contribution in [3.05, 3.63) is 48.6 Å². The van der Waals surface area contributed by atoms with Crippen LogP contribution in [0.15, 0.2) is 48.6 Å². The Hall–Kier alpha value is -1.37. The maximum absolute atomic E-state index is 10.1. The summed E-state index contributed by atoms with van der Waals surface area (Å²) in [6.07, 6.45) is 29.6.